The second-order valence-electron chi connectivity index (χ2n) is 3.71. The van der Waals surface area contributed by atoms with Crippen LogP contribution in [0.1, 0.15) is 25.7 Å². The van der Waals surface area contributed by atoms with Gasteiger partial charge in [0.2, 0.25) is 6.41 Å². The number of aromatic nitrogens is 1. The average molecular weight is 236 g/mol. The minimum absolute atomic E-state index is 0.188. The van der Waals surface area contributed by atoms with Gasteiger partial charge in [-0.15, -0.1) is 0 Å². The van der Waals surface area contributed by atoms with Crippen molar-refractivity contribution in [3.8, 4) is 0 Å². The molecule has 1 amide bonds. The molecule has 1 N–H and O–H groups in total. The molecule has 0 spiro atoms. The fraction of sp³-hybridized carbons (Fsp3) is 0.417. The summed E-state index contributed by atoms with van der Waals surface area (Å²) in [4.78, 5) is 26.7. The molecule has 0 bridgehead atoms. The van der Waals surface area contributed by atoms with E-state index in [2.05, 4.69) is 4.98 Å². The number of rotatable bonds is 8. The molecule has 0 aromatic carbocycles. The van der Waals surface area contributed by atoms with Crippen LogP contribution in [-0.4, -0.2) is 29.0 Å². The number of aliphatic carboxylic acids is 1. The Morgan fingerprint density at radius 1 is 1.41 bits per heavy atom. The van der Waals surface area contributed by atoms with Gasteiger partial charge in [0.15, 0.2) is 0 Å². The maximum Gasteiger partial charge on any atom is 0.303 e. The summed E-state index contributed by atoms with van der Waals surface area (Å²) < 4.78 is 0. The fourth-order valence-corrected chi connectivity index (χ4v) is 1.50. The maximum absolute atomic E-state index is 10.9. The number of hydrogen-bond acceptors (Lipinski definition) is 3. The Kier molecular flexibility index (Phi) is 5.71. The number of pyridine rings is 1. The van der Waals surface area contributed by atoms with E-state index < -0.39 is 5.97 Å². The van der Waals surface area contributed by atoms with E-state index in [4.69, 9.17) is 5.11 Å². The molecular weight excluding hydrogens is 220 g/mol. The highest BCUT2D eigenvalue weighted by molar-refractivity contribution is 5.74. The van der Waals surface area contributed by atoms with E-state index in [0.29, 0.717) is 13.0 Å². The van der Waals surface area contributed by atoms with Crippen LogP contribution in [0, 0.1) is 0 Å². The molecule has 0 aliphatic rings. The third-order valence-corrected chi connectivity index (χ3v) is 2.39. The highest BCUT2D eigenvalue weighted by atomic mass is 16.4. The summed E-state index contributed by atoms with van der Waals surface area (Å²) in [5.41, 5.74) is 0.765. The summed E-state index contributed by atoms with van der Waals surface area (Å²) in [6.07, 6.45) is 6.49. The Bertz CT molecular complexity index is 354. The van der Waals surface area contributed by atoms with E-state index >= 15 is 0 Å². The second-order valence-corrected chi connectivity index (χ2v) is 3.71. The first-order chi connectivity index (χ1) is 8.24. The van der Waals surface area contributed by atoms with Gasteiger partial charge in [-0.2, -0.15) is 0 Å². The van der Waals surface area contributed by atoms with Gasteiger partial charge in [0.05, 0.1) is 11.9 Å². The van der Waals surface area contributed by atoms with Crippen molar-refractivity contribution in [1.82, 2.24) is 4.98 Å². The normalized spacial score (nSPS) is 9.88. The zero-order valence-electron chi connectivity index (χ0n) is 9.58. The Labute approximate surface area is 100 Å². The number of carbonyl (C=O) groups is 2. The van der Waals surface area contributed by atoms with Crippen molar-refractivity contribution < 1.29 is 14.7 Å². The van der Waals surface area contributed by atoms with Crippen molar-refractivity contribution in [3.63, 3.8) is 0 Å². The van der Waals surface area contributed by atoms with Crippen molar-refractivity contribution in [2.24, 2.45) is 0 Å². The molecule has 0 radical (unpaired) electrons. The third kappa shape index (κ3) is 5.10. The zero-order valence-corrected chi connectivity index (χ0v) is 9.58. The van der Waals surface area contributed by atoms with Crippen LogP contribution in [0.5, 0.6) is 0 Å². The van der Waals surface area contributed by atoms with Gasteiger partial charge in [-0.25, -0.2) is 0 Å². The number of carbonyl (C=O) groups excluding carboxylic acids is 1. The Balaban J connectivity index is 2.29. The quantitative estimate of drug-likeness (QED) is 0.550. The van der Waals surface area contributed by atoms with Gasteiger partial charge < -0.3 is 10.0 Å². The second kappa shape index (κ2) is 7.38. The van der Waals surface area contributed by atoms with E-state index in [9.17, 15) is 9.59 Å². The first-order valence-corrected chi connectivity index (χ1v) is 5.58. The fourth-order valence-electron chi connectivity index (χ4n) is 1.50. The smallest absolute Gasteiger partial charge is 0.303 e. The number of anilines is 1. The van der Waals surface area contributed by atoms with Crippen LogP contribution in [-0.2, 0) is 9.59 Å². The highest BCUT2D eigenvalue weighted by Gasteiger charge is 2.04. The van der Waals surface area contributed by atoms with Gasteiger partial charge in [0, 0.05) is 19.2 Å². The van der Waals surface area contributed by atoms with Crippen LogP contribution in [0.15, 0.2) is 24.5 Å². The number of amides is 1. The minimum Gasteiger partial charge on any atom is -0.481 e. The average Bonchev–Trinajstić information content (AvgIpc) is 2.34. The van der Waals surface area contributed by atoms with Crippen molar-refractivity contribution in [2.75, 3.05) is 11.4 Å². The molecule has 0 saturated carbocycles. The van der Waals surface area contributed by atoms with Crippen molar-refractivity contribution >= 4 is 18.1 Å². The van der Waals surface area contributed by atoms with Crippen molar-refractivity contribution in [1.29, 1.82) is 0 Å². The molecule has 1 rings (SSSR count). The lowest BCUT2D eigenvalue weighted by Crippen LogP contribution is -2.22. The van der Waals surface area contributed by atoms with E-state index in [0.717, 1.165) is 24.9 Å². The predicted molar refractivity (Wildman–Crippen MR) is 63.8 cm³/mol. The summed E-state index contributed by atoms with van der Waals surface area (Å²) in [5, 5.41) is 8.47. The Hall–Kier alpha value is -1.91. The van der Waals surface area contributed by atoms with Gasteiger partial charge in [-0.1, -0.05) is 6.42 Å². The van der Waals surface area contributed by atoms with Gasteiger partial charge >= 0.3 is 5.97 Å². The monoisotopic (exact) mass is 236 g/mol. The van der Waals surface area contributed by atoms with Gasteiger partial charge in [0.25, 0.3) is 0 Å². The molecule has 0 aliphatic carbocycles. The van der Waals surface area contributed by atoms with E-state index in [1.165, 1.54) is 0 Å². The molecule has 0 aliphatic heterocycles. The van der Waals surface area contributed by atoms with E-state index in [1.807, 2.05) is 6.07 Å². The molecule has 17 heavy (non-hydrogen) atoms. The minimum atomic E-state index is -0.774. The van der Waals surface area contributed by atoms with Crippen molar-refractivity contribution in [2.45, 2.75) is 25.7 Å². The number of hydrogen-bond donors (Lipinski definition) is 1. The molecule has 5 nitrogen and oxygen atoms in total. The van der Waals surface area contributed by atoms with Crippen molar-refractivity contribution in [3.05, 3.63) is 24.5 Å². The van der Waals surface area contributed by atoms with Gasteiger partial charge in [0.1, 0.15) is 0 Å². The molecule has 5 heteroatoms. The molecule has 92 valence electrons. The summed E-state index contributed by atoms with van der Waals surface area (Å²) in [6.45, 7) is 0.592. The molecule has 0 saturated heterocycles. The van der Waals surface area contributed by atoms with Crippen LogP contribution in [0.4, 0.5) is 5.69 Å². The standard InChI is InChI=1S/C12H16N2O3/c15-10-14(11-5-4-7-13-9-11)8-3-1-2-6-12(16)17/h4-5,7,9-10H,1-3,6,8H2,(H,16,17). The molecule has 0 fully saturated rings. The molecular formula is C12H16N2O3. The van der Waals surface area contributed by atoms with E-state index in [1.54, 1.807) is 23.4 Å². The Morgan fingerprint density at radius 3 is 2.82 bits per heavy atom. The third-order valence-electron chi connectivity index (χ3n) is 2.39. The summed E-state index contributed by atoms with van der Waals surface area (Å²) >= 11 is 0. The summed E-state index contributed by atoms with van der Waals surface area (Å²) in [7, 11) is 0. The SMILES string of the molecule is O=CN(CCCCCC(=O)O)c1cccnc1. The summed E-state index contributed by atoms with van der Waals surface area (Å²) in [5.74, 6) is -0.774. The molecule has 1 aromatic rings. The van der Waals surface area contributed by atoms with Crippen LogP contribution < -0.4 is 4.90 Å². The molecule has 0 atom stereocenters. The van der Waals surface area contributed by atoms with Gasteiger partial charge in [-0.3, -0.25) is 14.6 Å². The highest BCUT2D eigenvalue weighted by Crippen LogP contribution is 2.11. The topological polar surface area (TPSA) is 70.5 Å². The van der Waals surface area contributed by atoms with Crippen LogP contribution in [0.2, 0.25) is 0 Å². The van der Waals surface area contributed by atoms with Crippen LogP contribution in [0.3, 0.4) is 0 Å². The Morgan fingerprint density at radius 2 is 2.24 bits per heavy atom. The first kappa shape index (κ1) is 13.2. The van der Waals surface area contributed by atoms with Gasteiger partial charge in [-0.05, 0) is 25.0 Å². The zero-order chi connectivity index (χ0) is 12.5. The number of nitrogens with zero attached hydrogens (tertiary/aromatic N) is 2. The maximum atomic E-state index is 10.9. The molecule has 1 heterocycles. The van der Waals surface area contributed by atoms with Crippen LogP contribution >= 0.6 is 0 Å². The number of carboxylic acids is 1. The summed E-state index contributed by atoms with van der Waals surface area (Å²) in [6, 6.07) is 3.59. The predicted octanol–water partition coefficient (Wildman–Crippen LogP) is 1.69. The lowest BCUT2D eigenvalue weighted by atomic mass is 10.2. The largest absolute Gasteiger partial charge is 0.481 e. The number of carboxylic acid groups (broad SMARTS) is 1. The van der Waals surface area contributed by atoms with E-state index in [-0.39, 0.29) is 6.42 Å². The first-order valence-electron chi connectivity index (χ1n) is 5.58. The molecule has 0 unspecified atom stereocenters. The molecule has 1 aromatic heterocycles. The van der Waals surface area contributed by atoms with Crippen LogP contribution in [0.25, 0.3) is 0 Å². The number of unbranched alkanes of at least 4 members (excludes halogenated alkanes) is 2. The lowest BCUT2D eigenvalue weighted by molar-refractivity contribution is -0.137. The lowest BCUT2D eigenvalue weighted by Gasteiger charge is -2.16.